The van der Waals surface area contributed by atoms with E-state index in [0.29, 0.717) is 53.3 Å². The molecule has 0 heterocycles. The van der Waals surface area contributed by atoms with Crippen molar-refractivity contribution in [3.8, 4) is 0 Å². The Morgan fingerprint density at radius 3 is 2.41 bits per heavy atom. The van der Waals surface area contributed by atoms with Crippen molar-refractivity contribution in [1.82, 2.24) is 0 Å². The third kappa shape index (κ3) is 3.29. The lowest BCUT2D eigenvalue weighted by molar-refractivity contribution is -0.194. The van der Waals surface area contributed by atoms with E-state index in [4.69, 9.17) is 5.11 Å². The van der Waals surface area contributed by atoms with E-state index in [1.54, 1.807) is 0 Å². The highest BCUT2D eigenvalue weighted by molar-refractivity contribution is 5.66. The van der Waals surface area contributed by atoms with Gasteiger partial charge in [0.05, 0.1) is 6.10 Å². The number of aliphatic carboxylic acids is 1. The number of carboxylic acid groups (broad SMARTS) is 1. The Kier molecular flexibility index (Phi) is 5.86. The minimum atomic E-state index is -0.662. The molecule has 4 rings (SSSR count). The van der Waals surface area contributed by atoms with Gasteiger partial charge in [-0.2, -0.15) is 0 Å². The van der Waals surface area contributed by atoms with Crippen molar-refractivity contribution in [2.45, 2.75) is 104 Å². The van der Waals surface area contributed by atoms with Crippen molar-refractivity contribution in [2.24, 2.45) is 52.3 Å². The lowest BCUT2D eigenvalue weighted by Crippen LogP contribution is -2.61. The van der Waals surface area contributed by atoms with E-state index in [2.05, 4.69) is 27.7 Å². The standard InChI is InChI=1S/C26H44O3/c1-5-17-19-8-6-7-14-25(19,3)21-13-15-26(4)18(16(2)9-12-22(27)28)10-11-20(26)23(21)24(17)29/h16-21,23-24,29H,5-15H2,1-4H3,(H,27,28)/t16-,17-,18-,19+,20?,21?,23?,24?,25+,26-/m1/s1. The summed E-state index contributed by atoms with van der Waals surface area (Å²) in [5.74, 6) is 3.41. The van der Waals surface area contributed by atoms with Crippen LogP contribution in [-0.2, 0) is 4.79 Å². The Morgan fingerprint density at radius 2 is 1.72 bits per heavy atom. The van der Waals surface area contributed by atoms with Gasteiger partial charge in [-0.05, 0) is 97.2 Å². The first kappa shape index (κ1) is 21.7. The summed E-state index contributed by atoms with van der Waals surface area (Å²) in [6.07, 6.45) is 12.5. The van der Waals surface area contributed by atoms with E-state index in [1.807, 2.05) is 0 Å². The molecule has 166 valence electrons. The smallest absolute Gasteiger partial charge is 0.303 e. The molecule has 0 bridgehead atoms. The van der Waals surface area contributed by atoms with Crippen LogP contribution >= 0.6 is 0 Å². The Morgan fingerprint density at radius 1 is 1.00 bits per heavy atom. The number of hydrogen-bond acceptors (Lipinski definition) is 2. The largest absolute Gasteiger partial charge is 0.481 e. The van der Waals surface area contributed by atoms with Gasteiger partial charge in [0.15, 0.2) is 0 Å². The van der Waals surface area contributed by atoms with Crippen LogP contribution in [-0.4, -0.2) is 22.3 Å². The van der Waals surface area contributed by atoms with Crippen LogP contribution in [0.5, 0.6) is 0 Å². The maximum absolute atomic E-state index is 11.7. The number of carbonyl (C=O) groups is 1. The van der Waals surface area contributed by atoms with Gasteiger partial charge in [-0.3, -0.25) is 4.79 Å². The molecule has 4 fully saturated rings. The third-order valence-electron chi connectivity index (χ3n) is 10.9. The minimum absolute atomic E-state index is 0.126. The fourth-order valence-corrected chi connectivity index (χ4v) is 9.57. The molecule has 2 N–H and O–H groups in total. The molecular formula is C26H44O3. The van der Waals surface area contributed by atoms with Gasteiger partial charge in [0.25, 0.3) is 0 Å². The number of rotatable bonds is 5. The third-order valence-corrected chi connectivity index (χ3v) is 10.9. The molecule has 0 aromatic carbocycles. The number of aliphatic hydroxyl groups excluding tert-OH is 1. The van der Waals surface area contributed by atoms with Gasteiger partial charge in [0.2, 0.25) is 0 Å². The average Bonchev–Trinajstić information content (AvgIpc) is 3.04. The van der Waals surface area contributed by atoms with Crippen molar-refractivity contribution in [3.05, 3.63) is 0 Å². The Bertz CT molecular complexity index is 617. The first-order chi connectivity index (χ1) is 13.7. The van der Waals surface area contributed by atoms with E-state index in [0.717, 1.165) is 12.8 Å². The van der Waals surface area contributed by atoms with E-state index < -0.39 is 5.97 Å². The van der Waals surface area contributed by atoms with Crippen molar-refractivity contribution in [1.29, 1.82) is 0 Å². The molecule has 29 heavy (non-hydrogen) atoms. The molecule has 3 heteroatoms. The summed E-state index contributed by atoms with van der Waals surface area (Å²) in [5, 5.41) is 20.9. The van der Waals surface area contributed by atoms with Crippen molar-refractivity contribution < 1.29 is 15.0 Å². The molecule has 0 spiro atoms. The predicted octanol–water partition coefficient (Wildman–Crippen LogP) is 6.14. The Labute approximate surface area is 178 Å². The van der Waals surface area contributed by atoms with Crippen molar-refractivity contribution in [2.75, 3.05) is 0 Å². The lowest BCUT2D eigenvalue weighted by Gasteiger charge is -2.64. The molecule has 4 unspecified atom stereocenters. The first-order valence-corrected chi connectivity index (χ1v) is 12.6. The summed E-state index contributed by atoms with van der Waals surface area (Å²) in [4.78, 5) is 11.1. The van der Waals surface area contributed by atoms with Crippen LogP contribution in [0.4, 0.5) is 0 Å². The number of fused-ring (bicyclic) bond motifs is 5. The zero-order valence-electron chi connectivity index (χ0n) is 19.2. The molecule has 3 nitrogen and oxygen atoms in total. The van der Waals surface area contributed by atoms with Gasteiger partial charge >= 0.3 is 5.97 Å². The van der Waals surface area contributed by atoms with Gasteiger partial charge in [-0.1, -0.05) is 47.0 Å². The maximum Gasteiger partial charge on any atom is 0.303 e. The second-order valence-electron chi connectivity index (χ2n) is 11.8. The van der Waals surface area contributed by atoms with Crippen LogP contribution < -0.4 is 0 Å². The first-order valence-electron chi connectivity index (χ1n) is 12.6. The quantitative estimate of drug-likeness (QED) is 0.578. The summed E-state index contributed by atoms with van der Waals surface area (Å²) in [5.41, 5.74) is 0.716. The van der Waals surface area contributed by atoms with Crippen LogP contribution in [0.15, 0.2) is 0 Å². The SMILES string of the molecule is CC[C@H]1C(O)C2C3CC[C@H]([C@H](C)CCC(=O)O)[C@@]3(C)CCC2[C@@]2(C)CCCC[C@@H]12. The van der Waals surface area contributed by atoms with Crippen LogP contribution in [0.1, 0.15) is 98.3 Å². The Balaban J connectivity index is 1.61. The van der Waals surface area contributed by atoms with Crippen LogP contribution in [0.3, 0.4) is 0 Å². The molecular weight excluding hydrogens is 360 g/mol. The molecule has 0 amide bonds. The molecule has 0 aliphatic heterocycles. The van der Waals surface area contributed by atoms with E-state index in [9.17, 15) is 9.90 Å². The van der Waals surface area contributed by atoms with Gasteiger partial charge in [0, 0.05) is 6.42 Å². The van der Waals surface area contributed by atoms with Crippen molar-refractivity contribution in [3.63, 3.8) is 0 Å². The second kappa shape index (κ2) is 7.84. The summed E-state index contributed by atoms with van der Waals surface area (Å²) in [7, 11) is 0. The topological polar surface area (TPSA) is 57.5 Å². The molecule has 4 saturated carbocycles. The molecule has 10 atom stereocenters. The molecule has 0 aromatic heterocycles. The monoisotopic (exact) mass is 404 g/mol. The highest BCUT2D eigenvalue weighted by Crippen LogP contribution is 2.69. The van der Waals surface area contributed by atoms with Gasteiger partial charge in [-0.25, -0.2) is 0 Å². The zero-order valence-corrected chi connectivity index (χ0v) is 19.2. The maximum atomic E-state index is 11.7. The zero-order chi connectivity index (χ0) is 21.0. The minimum Gasteiger partial charge on any atom is -0.481 e. The summed E-state index contributed by atoms with van der Waals surface area (Å²) >= 11 is 0. The highest BCUT2D eigenvalue weighted by atomic mass is 16.4. The highest BCUT2D eigenvalue weighted by Gasteiger charge is 2.64. The number of aliphatic hydroxyl groups is 1. The van der Waals surface area contributed by atoms with Crippen LogP contribution in [0.2, 0.25) is 0 Å². The molecule has 0 saturated heterocycles. The van der Waals surface area contributed by atoms with Crippen LogP contribution in [0, 0.1) is 52.3 Å². The lowest BCUT2D eigenvalue weighted by atomic mass is 9.41. The average molecular weight is 405 g/mol. The summed E-state index contributed by atoms with van der Waals surface area (Å²) < 4.78 is 0. The second-order valence-corrected chi connectivity index (χ2v) is 11.8. The fraction of sp³-hybridized carbons (Fsp3) is 0.962. The Hall–Kier alpha value is -0.570. The van der Waals surface area contributed by atoms with Gasteiger partial charge in [-0.15, -0.1) is 0 Å². The van der Waals surface area contributed by atoms with Gasteiger partial charge in [0.1, 0.15) is 0 Å². The molecule has 0 aromatic rings. The van der Waals surface area contributed by atoms with E-state index in [1.165, 1.54) is 51.4 Å². The number of carboxylic acids is 1. The van der Waals surface area contributed by atoms with Crippen LogP contribution in [0.25, 0.3) is 0 Å². The molecule has 4 aliphatic carbocycles. The van der Waals surface area contributed by atoms with Gasteiger partial charge < -0.3 is 10.2 Å². The predicted molar refractivity (Wildman–Crippen MR) is 116 cm³/mol. The van der Waals surface area contributed by atoms with E-state index >= 15 is 0 Å². The van der Waals surface area contributed by atoms with E-state index in [-0.39, 0.29) is 11.5 Å². The fourth-order valence-electron chi connectivity index (χ4n) is 9.57. The summed E-state index contributed by atoms with van der Waals surface area (Å²) in [6, 6.07) is 0. The number of hydrogen-bond donors (Lipinski definition) is 2. The van der Waals surface area contributed by atoms with Crippen molar-refractivity contribution >= 4 is 5.97 Å². The summed E-state index contributed by atoms with van der Waals surface area (Å²) in [6.45, 7) is 9.69. The normalized spacial score (nSPS) is 50.3. The molecule has 0 radical (unpaired) electrons. The molecule has 4 aliphatic rings.